The number of H-pyrrole nitrogens is 1. The molecular formula is C19H16BrN2O2+. The van der Waals surface area contributed by atoms with Gasteiger partial charge < -0.3 is 9.72 Å². The minimum absolute atomic E-state index is 0.319. The molecule has 2 aromatic carbocycles. The van der Waals surface area contributed by atoms with Gasteiger partial charge in [-0.25, -0.2) is 4.79 Å². The molecule has 24 heavy (non-hydrogen) atoms. The SMILES string of the molecule is COC(=O)c1ccc(Br)cc1[NH+]1C=Cc2c([nH]c3ccccc23)C1. The highest BCUT2D eigenvalue weighted by Crippen LogP contribution is 2.26. The molecule has 120 valence electrons. The minimum atomic E-state index is -0.319. The Morgan fingerprint density at radius 1 is 1.25 bits per heavy atom. The summed E-state index contributed by atoms with van der Waals surface area (Å²) in [5.41, 5.74) is 5.01. The molecule has 1 unspecified atom stereocenters. The topological polar surface area (TPSA) is 46.5 Å². The molecule has 1 aliphatic rings. The van der Waals surface area contributed by atoms with Crippen LogP contribution in [0.4, 0.5) is 5.69 Å². The number of aromatic amines is 1. The summed E-state index contributed by atoms with van der Waals surface area (Å²) in [6.45, 7) is 0.751. The second kappa shape index (κ2) is 5.92. The van der Waals surface area contributed by atoms with E-state index in [9.17, 15) is 4.79 Å². The van der Waals surface area contributed by atoms with E-state index in [-0.39, 0.29) is 5.97 Å². The van der Waals surface area contributed by atoms with Gasteiger partial charge in [-0.1, -0.05) is 34.1 Å². The van der Waals surface area contributed by atoms with E-state index in [1.165, 1.54) is 23.8 Å². The Morgan fingerprint density at radius 2 is 2.08 bits per heavy atom. The van der Waals surface area contributed by atoms with Gasteiger partial charge in [-0.05, 0) is 18.2 Å². The van der Waals surface area contributed by atoms with Gasteiger partial charge in [0.2, 0.25) is 0 Å². The van der Waals surface area contributed by atoms with Gasteiger partial charge in [-0.3, -0.25) is 4.90 Å². The van der Waals surface area contributed by atoms with E-state index < -0.39 is 0 Å². The van der Waals surface area contributed by atoms with Crippen LogP contribution >= 0.6 is 15.9 Å². The number of benzene rings is 2. The van der Waals surface area contributed by atoms with Crippen LogP contribution in [0.15, 0.2) is 53.1 Å². The number of aromatic nitrogens is 1. The fourth-order valence-electron chi connectivity index (χ4n) is 3.24. The van der Waals surface area contributed by atoms with Crippen molar-refractivity contribution in [2.75, 3.05) is 7.11 Å². The highest BCUT2D eigenvalue weighted by molar-refractivity contribution is 9.10. The van der Waals surface area contributed by atoms with Crippen molar-refractivity contribution in [2.45, 2.75) is 6.54 Å². The van der Waals surface area contributed by atoms with Gasteiger partial charge in [-0.15, -0.1) is 0 Å². The molecule has 4 rings (SSSR count). The molecule has 0 amide bonds. The average molecular weight is 384 g/mol. The van der Waals surface area contributed by atoms with Gasteiger partial charge >= 0.3 is 5.97 Å². The quantitative estimate of drug-likeness (QED) is 0.666. The number of esters is 1. The minimum Gasteiger partial charge on any atom is -0.465 e. The summed E-state index contributed by atoms with van der Waals surface area (Å²) in [4.78, 5) is 16.7. The third-order valence-corrected chi connectivity index (χ3v) is 4.87. The molecule has 3 aromatic rings. The molecular weight excluding hydrogens is 368 g/mol. The number of nitrogens with one attached hydrogen (secondary N) is 2. The van der Waals surface area contributed by atoms with E-state index in [0.29, 0.717) is 5.56 Å². The Kier molecular flexibility index (Phi) is 3.75. The predicted molar refractivity (Wildman–Crippen MR) is 97.1 cm³/mol. The Bertz CT molecular complexity index is 975. The number of hydrogen-bond acceptors (Lipinski definition) is 2. The molecule has 0 saturated heterocycles. The standard InChI is InChI=1S/C19H15BrN2O2/c1-24-19(23)15-7-6-12(20)10-18(15)22-9-8-14-13-4-2-3-5-16(13)21-17(14)11-22/h2-10,21H,11H2,1H3/p+1. The maximum atomic E-state index is 12.1. The molecule has 5 heteroatoms. The van der Waals surface area contributed by atoms with Crippen molar-refractivity contribution < 1.29 is 14.4 Å². The smallest absolute Gasteiger partial charge is 0.343 e. The molecule has 1 atom stereocenters. The zero-order chi connectivity index (χ0) is 16.7. The van der Waals surface area contributed by atoms with E-state index in [1.54, 1.807) is 6.07 Å². The summed E-state index contributed by atoms with van der Waals surface area (Å²) >= 11 is 3.50. The monoisotopic (exact) mass is 383 g/mol. The normalized spacial score (nSPS) is 16.2. The number of carbonyl (C=O) groups is 1. The number of halogens is 1. The fraction of sp³-hybridized carbons (Fsp3) is 0.105. The first-order valence-corrected chi connectivity index (χ1v) is 8.48. The summed E-state index contributed by atoms with van der Waals surface area (Å²) in [6.07, 6.45) is 4.21. The lowest BCUT2D eigenvalue weighted by Crippen LogP contribution is -3.01. The molecule has 4 nitrogen and oxygen atoms in total. The van der Waals surface area contributed by atoms with Gasteiger partial charge in [0.15, 0.2) is 5.69 Å². The number of fused-ring (bicyclic) bond motifs is 3. The van der Waals surface area contributed by atoms with Gasteiger partial charge in [-0.2, -0.15) is 0 Å². The summed E-state index contributed by atoms with van der Waals surface area (Å²) in [7, 11) is 1.41. The highest BCUT2D eigenvalue weighted by Gasteiger charge is 2.25. The van der Waals surface area contributed by atoms with Gasteiger partial charge in [0.25, 0.3) is 0 Å². The van der Waals surface area contributed by atoms with Crippen LogP contribution in [0, 0.1) is 0 Å². The van der Waals surface area contributed by atoms with Crippen LogP contribution in [0.1, 0.15) is 21.6 Å². The summed E-state index contributed by atoms with van der Waals surface area (Å²) in [5, 5.41) is 1.23. The third kappa shape index (κ3) is 2.46. The number of ether oxygens (including phenoxy) is 1. The summed E-state index contributed by atoms with van der Waals surface area (Å²) in [6, 6.07) is 13.9. The maximum absolute atomic E-state index is 12.1. The Balaban J connectivity index is 1.78. The van der Waals surface area contributed by atoms with Crippen molar-refractivity contribution in [3.63, 3.8) is 0 Å². The first kappa shape index (κ1) is 15.2. The van der Waals surface area contributed by atoms with Crippen LogP contribution in [0.25, 0.3) is 17.0 Å². The first-order chi connectivity index (χ1) is 11.7. The molecule has 2 heterocycles. The first-order valence-electron chi connectivity index (χ1n) is 7.69. The lowest BCUT2D eigenvalue weighted by molar-refractivity contribution is -0.791. The predicted octanol–water partition coefficient (Wildman–Crippen LogP) is 3.42. The number of carbonyl (C=O) groups excluding carboxylic acids is 1. The Hall–Kier alpha value is -2.37. The van der Waals surface area contributed by atoms with Crippen molar-refractivity contribution in [1.82, 2.24) is 4.98 Å². The van der Waals surface area contributed by atoms with Crippen molar-refractivity contribution in [1.29, 1.82) is 0 Å². The lowest BCUT2D eigenvalue weighted by Gasteiger charge is -2.20. The fourth-order valence-corrected chi connectivity index (χ4v) is 3.60. The van der Waals surface area contributed by atoms with E-state index in [1.807, 2.05) is 24.3 Å². The Labute approximate surface area is 147 Å². The van der Waals surface area contributed by atoms with Crippen LogP contribution in [-0.2, 0) is 11.3 Å². The maximum Gasteiger partial charge on any atom is 0.343 e. The highest BCUT2D eigenvalue weighted by atomic mass is 79.9. The van der Waals surface area contributed by atoms with Crippen LogP contribution in [0.5, 0.6) is 0 Å². The van der Waals surface area contributed by atoms with Crippen molar-refractivity contribution in [2.24, 2.45) is 0 Å². The molecule has 0 spiro atoms. The van der Waals surface area contributed by atoms with Crippen molar-refractivity contribution in [3.05, 3.63) is 70.0 Å². The molecule has 0 fully saturated rings. The number of methoxy groups -OCH3 is 1. The lowest BCUT2D eigenvalue weighted by atomic mass is 10.1. The van der Waals surface area contributed by atoms with Gasteiger partial charge in [0, 0.05) is 33.1 Å². The third-order valence-electron chi connectivity index (χ3n) is 4.38. The zero-order valence-electron chi connectivity index (χ0n) is 13.1. The Morgan fingerprint density at radius 3 is 2.92 bits per heavy atom. The number of hydrogen-bond donors (Lipinski definition) is 2. The van der Waals surface area contributed by atoms with Crippen molar-refractivity contribution in [3.8, 4) is 0 Å². The van der Waals surface area contributed by atoms with Gasteiger partial charge in [0.05, 0.1) is 12.8 Å². The second-order valence-electron chi connectivity index (χ2n) is 5.78. The van der Waals surface area contributed by atoms with Crippen LogP contribution in [0.3, 0.4) is 0 Å². The number of quaternary nitrogens is 1. The number of rotatable bonds is 2. The molecule has 0 saturated carbocycles. The van der Waals surface area contributed by atoms with E-state index in [4.69, 9.17) is 4.74 Å². The van der Waals surface area contributed by atoms with Crippen LogP contribution < -0.4 is 4.90 Å². The largest absolute Gasteiger partial charge is 0.465 e. The molecule has 0 aliphatic carbocycles. The van der Waals surface area contributed by atoms with E-state index in [2.05, 4.69) is 45.3 Å². The van der Waals surface area contributed by atoms with E-state index >= 15 is 0 Å². The number of para-hydroxylation sites is 1. The van der Waals surface area contributed by atoms with Crippen molar-refractivity contribution >= 4 is 44.6 Å². The molecule has 1 aromatic heterocycles. The van der Waals surface area contributed by atoms with E-state index in [0.717, 1.165) is 27.1 Å². The molecule has 0 radical (unpaired) electrons. The molecule has 2 N–H and O–H groups in total. The van der Waals surface area contributed by atoms with Gasteiger partial charge in [0.1, 0.15) is 18.3 Å². The average Bonchev–Trinajstić information content (AvgIpc) is 2.98. The van der Waals surface area contributed by atoms with Crippen LogP contribution in [0.2, 0.25) is 0 Å². The van der Waals surface area contributed by atoms with Crippen LogP contribution in [-0.4, -0.2) is 18.1 Å². The molecule has 0 bridgehead atoms. The zero-order valence-corrected chi connectivity index (χ0v) is 14.7. The second-order valence-corrected chi connectivity index (χ2v) is 6.70. The summed E-state index contributed by atoms with van der Waals surface area (Å²) < 4.78 is 5.86. The molecule has 1 aliphatic heterocycles. The summed E-state index contributed by atoms with van der Waals surface area (Å²) in [5.74, 6) is -0.319.